The van der Waals surface area contributed by atoms with E-state index in [2.05, 4.69) is 34.1 Å². The summed E-state index contributed by atoms with van der Waals surface area (Å²) in [6, 6.07) is 12.2. The minimum atomic E-state index is 0.606. The van der Waals surface area contributed by atoms with Crippen LogP contribution in [0.3, 0.4) is 0 Å². The first kappa shape index (κ1) is 12.8. The number of rotatable bonds is 5. The monoisotopic (exact) mass is 311 g/mol. The molecule has 90 valence electrons. The summed E-state index contributed by atoms with van der Waals surface area (Å²) in [5, 5.41) is 0. The van der Waals surface area contributed by atoms with Gasteiger partial charge in [0, 0.05) is 20.8 Å². The highest BCUT2D eigenvalue weighted by atomic mass is 79.9. The number of thiophene rings is 1. The Hall–Kier alpha value is -0.680. The van der Waals surface area contributed by atoms with Gasteiger partial charge in [-0.05, 0) is 23.8 Å². The zero-order valence-electron chi connectivity index (χ0n) is 9.36. The van der Waals surface area contributed by atoms with E-state index in [1.807, 2.05) is 18.2 Å². The summed E-state index contributed by atoms with van der Waals surface area (Å²) >= 11 is 5.21. The molecular formula is C13H14BrNOS. The third kappa shape index (κ3) is 3.64. The van der Waals surface area contributed by atoms with Crippen molar-refractivity contribution in [2.45, 2.75) is 19.8 Å². The zero-order chi connectivity index (χ0) is 12.1. The topological polar surface area (TPSA) is 35.2 Å². The lowest BCUT2D eigenvalue weighted by Gasteiger charge is -2.04. The van der Waals surface area contributed by atoms with Gasteiger partial charge in [0.15, 0.2) is 0 Å². The van der Waals surface area contributed by atoms with Crippen molar-refractivity contribution in [3.8, 4) is 0 Å². The van der Waals surface area contributed by atoms with E-state index in [9.17, 15) is 0 Å². The van der Waals surface area contributed by atoms with E-state index < -0.39 is 0 Å². The van der Waals surface area contributed by atoms with E-state index in [-0.39, 0.29) is 0 Å². The molecule has 0 radical (unpaired) electrons. The fourth-order valence-corrected chi connectivity index (χ4v) is 2.72. The molecule has 1 heterocycles. The van der Waals surface area contributed by atoms with Gasteiger partial charge in [-0.1, -0.05) is 34.1 Å². The Balaban J connectivity index is 1.85. The van der Waals surface area contributed by atoms with Gasteiger partial charge < -0.3 is 10.5 Å². The Morgan fingerprint density at radius 2 is 1.82 bits per heavy atom. The maximum absolute atomic E-state index is 5.68. The third-order valence-electron chi connectivity index (χ3n) is 2.38. The minimum absolute atomic E-state index is 0.606. The second-order valence-electron chi connectivity index (χ2n) is 3.66. The Labute approximate surface area is 114 Å². The minimum Gasteiger partial charge on any atom is -0.371 e. The van der Waals surface area contributed by atoms with Gasteiger partial charge in [-0.3, -0.25) is 0 Å². The molecule has 0 unspecified atom stereocenters. The molecule has 1 aromatic heterocycles. The predicted octanol–water partition coefficient (Wildman–Crippen LogP) is 3.69. The van der Waals surface area contributed by atoms with Crippen LogP contribution >= 0.6 is 27.3 Å². The molecule has 0 aliphatic rings. The van der Waals surface area contributed by atoms with E-state index in [4.69, 9.17) is 10.5 Å². The molecule has 0 bridgehead atoms. The summed E-state index contributed by atoms with van der Waals surface area (Å²) in [4.78, 5) is 2.42. The molecule has 0 spiro atoms. The molecule has 0 amide bonds. The summed E-state index contributed by atoms with van der Waals surface area (Å²) in [5.41, 5.74) is 6.74. The lowest BCUT2D eigenvalue weighted by molar-refractivity contribution is 0.109. The molecule has 2 rings (SSSR count). The highest BCUT2D eigenvalue weighted by molar-refractivity contribution is 9.10. The number of nitrogens with two attached hydrogens (primary N) is 1. The molecule has 2 N–H and O–H groups in total. The fraction of sp³-hybridized carbons (Fsp3) is 0.231. The summed E-state index contributed by atoms with van der Waals surface area (Å²) in [7, 11) is 0. The van der Waals surface area contributed by atoms with Crippen molar-refractivity contribution in [1.82, 2.24) is 0 Å². The van der Waals surface area contributed by atoms with Crippen molar-refractivity contribution in [3.05, 3.63) is 56.2 Å². The van der Waals surface area contributed by atoms with Crippen molar-refractivity contribution in [2.75, 3.05) is 0 Å². The van der Waals surface area contributed by atoms with Crippen LogP contribution in [0, 0.1) is 0 Å². The average Bonchev–Trinajstić information content (AvgIpc) is 2.80. The first-order chi connectivity index (χ1) is 8.29. The second kappa shape index (κ2) is 6.31. The highest BCUT2D eigenvalue weighted by Crippen LogP contribution is 2.19. The smallest absolute Gasteiger partial charge is 0.0814 e. The second-order valence-corrected chi connectivity index (χ2v) is 5.76. The molecule has 1 aromatic carbocycles. The summed E-state index contributed by atoms with van der Waals surface area (Å²) in [6.45, 7) is 1.87. The molecule has 0 saturated carbocycles. The van der Waals surface area contributed by atoms with E-state index in [0.717, 1.165) is 4.47 Å². The lowest BCUT2D eigenvalue weighted by atomic mass is 10.2. The molecule has 4 heteroatoms. The molecule has 0 fully saturated rings. The van der Waals surface area contributed by atoms with E-state index in [0.29, 0.717) is 19.8 Å². The maximum atomic E-state index is 5.68. The predicted molar refractivity (Wildman–Crippen MR) is 74.8 cm³/mol. The Kier molecular flexibility index (Phi) is 4.74. The van der Waals surface area contributed by atoms with Crippen molar-refractivity contribution in [2.24, 2.45) is 5.73 Å². The molecule has 2 aromatic rings. The van der Waals surface area contributed by atoms with Crippen LogP contribution in [-0.4, -0.2) is 0 Å². The van der Waals surface area contributed by atoms with Crippen molar-refractivity contribution >= 4 is 27.3 Å². The Bertz CT molecular complexity index is 484. The summed E-state index contributed by atoms with van der Waals surface area (Å²) in [6.07, 6.45) is 0. The van der Waals surface area contributed by atoms with Crippen molar-refractivity contribution in [1.29, 1.82) is 0 Å². The molecule has 0 aliphatic carbocycles. The largest absolute Gasteiger partial charge is 0.371 e. The van der Waals surface area contributed by atoms with Crippen LogP contribution in [0.5, 0.6) is 0 Å². The Morgan fingerprint density at radius 3 is 2.53 bits per heavy atom. The van der Waals surface area contributed by atoms with Gasteiger partial charge in [0.25, 0.3) is 0 Å². The van der Waals surface area contributed by atoms with E-state index in [1.165, 1.54) is 15.3 Å². The lowest BCUT2D eigenvalue weighted by Crippen LogP contribution is -1.93. The zero-order valence-corrected chi connectivity index (χ0v) is 11.8. The van der Waals surface area contributed by atoms with Gasteiger partial charge >= 0.3 is 0 Å². The Morgan fingerprint density at radius 1 is 1.06 bits per heavy atom. The maximum Gasteiger partial charge on any atom is 0.0814 e. The number of ether oxygens (including phenoxy) is 1. The number of halogens is 1. The molecule has 0 saturated heterocycles. The van der Waals surface area contributed by atoms with Gasteiger partial charge in [0.05, 0.1) is 13.2 Å². The molecule has 2 nitrogen and oxygen atoms in total. The molecule has 0 aliphatic heterocycles. The van der Waals surface area contributed by atoms with Gasteiger partial charge in [-0.25, -0.2) is 0 Å². The number of hydrogen-bond acceptors (Lipinski definition) is 3. The van der Waals surface area contributed by atoms with Gasteiger partial charge in [0.2, 0.25) is 0 Å². The van der Waals surface area contributed by atoms with Crippen molar-refractivity contribution in [3.63, 3.8) is 0 Å². The highest BCUT2D eigenvalue weighted by Gasteiger charge is 2.01. The molecule has 0 atom stereocenters. The van der Waals surface area contributed by atoms with Gasteiger partial charge in [-0.15, -0.1) is 11.3 Å². The van der Waals surface area contributed by atoms with Crippen LogP contribution in [0.1, 0.15) is 15.3 Å². The summed E-state index contributed by atoms with van der Waals surface area (Å²) in [5.74, 6) is 0. The van der Waals surface area contributed by atoms with Crippen molar-refractivity contribution < 1.29 is 4.74 Å². The van der Waals surface area contributed by atoms with E-state index >= 15 is 0 Å². The van der Waals surface area contributed by atoms with Crippen LogP contribution in [0.2, 0.25) is 0 Å². The van der Waals surface area contributed by atoms with Gasteiger partial charge in [0.1, 0.15) is 0 Å². The van der Waals surface area contributed by atoms with Crippen LogP contribution in [0.4, 0.5) is 0 Å². The van der Waals surface area contributed by atoms with Gasteiger partial charge in [-0.2, -0.15) is 0 Å². The van der Waals surface area contributed by atoms with Crippen LogP contribution < -0.4 is 5.73 Å². The quantitative estimate of drug-likeness (QED) is 0.914. The van der Waals surface area contributed by atoms with E-state index in [1.54, 1.807) is 11.3 Å². The summed E-state index contributed by atoms with van der Waals surface area (Å²) < 4.78 is 6.78. The number of hydrogen-bond donors (Lipinski definition) is 1. The normalized spacial score (nSPS) is 10.7. The van der Waals surface area contributed by atoms with Crippen LogP contribution in [0.25, 0.3) is 0 Å². The SMILES string of the molecule is NCc1ccc(COCc2ccccc2Br)s1. The molecule has 17 heavy (non-hydrogen) atoms. The first-order valence-electron chi connectivity index (χ1n) is 5.38. The standard InChI is InChI=1S/C13H14BrNOS/c14-13-4-2-1-3-10(13)8-16-9-12-6-5-11(7-15)17-12/h1-6H,7-9,15H2. The fourth-order valence-electron chi connectivity index (χ4n) is 1.49. The molecular weight excluding hydrogens is 298 g/mol. The van der Waals surface area contributed by atoms with Crippen LogP contribution in [0.15, 0.2) is 40.9 Å². The first-order valence-corrected chi connectivity index (χ1v) is 6.99. The number of benzene rings is 1. The average molecular weight is 312 g/mol. The third-order valence-corrected chi connectivity index (χ3v) is 4.23. The van der Waals surface area contributed by atoms with Crippen LogP contribution in [-0.2, 0) is 24.5 Å².